The summed E-state index contributed by atoms with van der Waals surface area (Å²) in [5.74, 6) is -1.73. The smallest absolute Gasteiger partial charge is 0.260 e. The molecule has 0 aliphatic rings. The monoisotopic (exact) mass is 461 g/mol. The number of hydrogen-bond donors (Lipinski definition) is 3. The summed E-state index contributed by atoms with van der Waals surface area (Å²) in [7, 11) is -3.75. The van der Waals surface area contributed by atoms with Crippen LogP contribution in [-0.4, -0.2) is 14.3 Å². The van der Waals surface area contributed by atoms with Crippen LogP contribution < -0.4 is 15.8 Å². The third-order valence-electron chi connectivity index (χ3n) is 4.65. The lowest BCUT2D eigenvalue weighted by atomic mass is 10.1. The first kappa shape index (κ1) is 22.7. The molecule has 31 heavy (non-hydrogen) atoms. The van der Waals surface area contributed by atoms with E-state index >= 15 is 0 Å². The van der Waals surface area contributed by atoms with Crippen LogP contribution in [0.15, 0.2) is 60.7 Å². The van der Waals surface area contributed by atoms with Crippen molar-refractivity contribution in [3.8, 4) is 0 Å². The van der Waals surface area contributed by atoms with E-state index in [9.17, 15) is 17.6 Å². The highest BCUT2D eigenvalue weighted by atomic mass is 35.5. The van der Waals surface area contributed by atoms with Crippen molar-refractivity contribution in [3.63, 3.8) is 0 Å². The zero-order valence-electron chi connectivity index (χ0n) is 16.7. The van der Waals surface area contributed by atoms with Gasteiger partial charge >= 0.3 is 0 Å². The Kier molecular flexibility index (Phi) is 6.94. The van der Waals surface area contributed by atoms with E-state index in [0.29, 0.717) is 11.1 Å². The van der Waals surface area contributed by atoms with Crippen molar-refractivity contribution in [2.75, 3.05) is 10.0 Å². The van der Waals surface area contributed by atoms with Gasteiger partial charge in [0, 0.05) is 12.2 Å². The zero-order chi connectivity index (χ0) is 22.6. The van der Waals surface area contributed by atoms with Gasteiger partial charge in [0.25, 0.3) is 5.91 Å². The second-order valence-corrected chi connectivity index (χ2v) is 9.04. The van der Waals surface area contributed by atoms with Gasteiger partial charge in [-0.25, -0.2) is 12.8 Å². The van der Waals surface area contributed by atoms with Crippen molar-refractivity contribution in [2.24, 2.45) is 5.73 Å². The van der Waals surface area contributed by atoms with Gasteiger partial charge in [0.1, 0.15) is 5.82 Å². The second-order valence-electron chi connectivity index (χ2n) is 6.91. The van der Waals surface area contributed by atoms with Crippen molar-refractivity contribution in [1.82, 2.24) is 0 Å². The summed E-state index contributed by atoms with van der Waals surface area (Å²) < 4.78 is 42.0. The maximum Gasteiger partial charge on any atom is 0.260 e. The van der Waals surface area contributed by atoms with E-state index in [1.807, 2.05) is 19.1 Å². The van der Waals surface area contributed by atoms with E-state index in [-0.39, 0.29) is 34.3 Å². The second kappa shape index (κ2) is 9.47. The van der Waals surface area contributed by atoms with E-state index in [1.54, 1.807) is 24.3 Å². The molecule has 0 saturated heterocycles. The predicted octanol–water partition coefficient (Wildman–Crippen LogP) is 4.44. The number of benzene rings is 3. The van der Waals surface area contributed by atoms with E-state index in [0.717, 1.165) is 11.6 Å². The number of nitrogens with one attached hydrogen (secondary N) is 2. The van der Waals surface area contributed by atoms with Gasteiger partial charge in [0.05, 0.1) is 22.0 Å². The molecule has 0 aliphatic heterocycles. The Bertz CT molecular complexity index is 1210. The molecule has 3 aromatic rings. The molecule has 0 saturated carbocycles. The number of aryl methyl sites for hydroxylation is 1. The van der Waals surface area contributed by atoms with Gasteiger partial charge in [-0.2, -0.15) is 0 Å². The largest absolute Gasteiger partial charge is 0.326 e. The number of amides is 1. The average molecular weight is 462 g/mol. The number of sulfonamides is 1. The Balaban J connectivity index is 1.85. The van der Waals surface area contributed by atoms with Crippen LogP contribution >= 0.6 is 11.6 Å². The average Bonchev–Trinajstić information content (AvgIpc) is 2.69. The summed E-state index contributed by atoms with van der Waals surface area (Å²) in [6.45, 7) is 1.91. The normalized spacial score (nSPS) is 11.2. The lowest BCUT2D eigenvalue weighted by molar-refractivity contribution is 0.102. The summed E-state index contributed by atoms with van der Waals surface area (Å²) >= 11 is 5.94. The number of nitrogens with two attached hydrogens (primary N) is 1. The topological polar surface area (TPSA) is 101 Å². The quantitative estimate of drug-likeness (QED) is 0.484. The highest BCUT2D eigenvalue weighted by molar-refractivity contribution is 7.91. The van der Waals surface area contributed by atoms with Gasteiger partial charge in [-0.05, 0) is 47.9 Å². The lowest BCUT2D eigenvalue weighted by Gasteiger charge is -2.15. The van der Waals surface area contributed by atoms with Gasteiger partial charge in [0.15, 0.2) is 0 Å². The van der Waals surface area contributed by atoms with Gasteiger partial charge in [-0.1, -0.05) is 48.0 Å². The predicted molar refractivity (Wildman–Crippen MR) is 121 cm³/mol. The molecule has 0 fully saturated rings. The standard InChI is InChI=1S/C22H21ClFN3O3S/c1-14-5-2-3-6-16(14)13-31(29,30)27-20-11-17(10-9-15(20)12-25)26-22(28)21-18(23)7-4-8-19(21)24/h2-11,27H,12-13,25H2,1H3,(H,26,28). The number of halogens is 2. The summed E-state index contributed by atoms with van der Waals surface area (Å²) in [5, 5.41) is 2.50. The third-order valence-corrected chi connectivity index (χ3v) is 6.19. The van der Waals surface area contributed by atoms with E-state index in [1.165, 1.54) is 18.2 Å². The van der Waals surface area contributed by atoms with Gasteiger partial charge in [0.2, 0.25) is 10.0 Å². The van der Waals surface area contributed by atoms with Crippen LogP contribution in [0.4, 0.5) is 15.8 Å². The first-order valence-electron chi connectivity index (χ1n) is 9.33. The fraction of sp³-hybridized carbons (Fsp3) is 0.136. The number of carbonyl (C=O) groups excluding carboxylic acids is 1. The minimum absolute atomic E-state index is 0.0322. The molecule has 0 bridgehead atoms. The van der Waals surface area contributed by atoms with E-state index in [4.69, 9.17) is 17.3 Å². The maximum atomic E-state index is 14.0. The molecule has 6 nitrogen and oxygen atoms in total. The summed E-state index contributed by atoms with van der Waals surface area (Å²) in [5.41, 5.74) is 7.99. The van der Waals surface area contributed by atoms with Crippen LogP contribution in [0.1, 0.15) is 27.0 Å². The maximum absolute atomic E-state index is 14.0. The van der Waals surface area contributed by atoms with Gasteiger partial charge < -0.3 is 11.1 Å². The zero-order valence-corrected chi connectivity index (χ0v) is 18.2. The Morgan fingerprint density at radius 2 is 1.81 bits per heavy atom. The minimum atomic E-state index is -3.75. The molecular formula is C22H21ClFN3O3S. The van der Waals surface area contributed by atoms with Crippen LogP contribution in [0.25, 0.3) is 0 Å². The minimum Gasteiger partial charge on any atom is -0.326 e. The molecule has 0 spiro atoms. The SMILES string of the molecule is Cc1ccccc1CS(=O)(=O)Nc1cc(NC(=O)c2c(F)cccc2Cl)ccc1CN. The van der Waals surface area contributed by atoms with Gasteiger partial charge in [-0.15, -0.1) is 0 Å². The molecule has 1 amide bonds. The molecule has 0 aliphatic carbocycles. The molecule has 162 valence electrons. The first-order valence-corrected chi connectivity index (χ1v) is 11.4. The Labute approximate surface area is 185 Å². The first-order chi connectivity index (χ1) is 14.7. The Morgan fingerprint density at radius 3 is 2.48 bits per heavy atom. The Hall–Kier alpha value is -2.94. The number of rotatable bonds is 7. The lowest BCUT2D eigenvalue weighted by Crippen LogP contribution is -2.18. The highest BCUT2D eigenvalue weighted by Crippen LogP contribution is 2.25. The molecule has 0 radical (unpaired) electrons. The van der Waals surface area contributed by atoms with Crippen molar-refractivity contribution < 1.29 is 17.6 Å². The van der Waals surface area contributed by atoms with E-state index < -0.39 is 21.7 Å². The summed E-state index contributed by atoms with van der Waals surface area (Å²) in [6.07, 6.45) is 0. The molecular weight excluding hydrogens is 441 g/mol. The van der Waals surface area contributed by atoms with Crippen LogP contribution in [0.2, 0.25) is 5.02 Å². The molecule has 0 aromatic heterocycles. The van der Waals surface area contributed by atoms with Crippen molar-refractivity contribution >= 4 is 38.9 Å². The fourth-order valence-corrected chi connectivity index (χ4v) is 4.60. The number of hydrogen-bond acceptors (Lipinski definition) is 4. The molecule has 0 heterocycles. The molecule has 3 rings (SSSR count). The Morgan fingerprint density at radius 1 is 1.06 bits per heavy atom. The van der Waals surface area contributed by atoms with Crippen molar-refractivity contribution in [1.29, 1.82) is 0 Å². The molecule has 0 atom stereocenters. The fourth-order valence-electron chi connectivity index (χ4n) is 3.02. The molecule has 3 aromatic carbocycles. The summed E-state index contributed by atoms with van der Waals surface area (Å²) in [4.78, 5) is 12.5. The number of carbonyl (C=O) groups is 1. The van der Waals surface area contributed by atoms with Crippen LogP contribution in [0, 0.1) is 12.7 Å². The highest BCUT2D eigenvalue weighted by Gasteiger charge is 2.18. The summed E-state index contributed by atoms with van der Waals surface area (Å²) in [6, 6.07) is 15.7. The molecule has 0 unspecified atom stereocenters. The van der Waals surface area contributed by atoms with Crippen LogP contribution in [0.3, 0.4) is 0 Å². The molecule has 4 N–H and O–H groups in total. The van der Waals surface area contributed by atoms with Crippen molar-refractivity contribution in [2.45, 2.75) is 19.2 Å². The van der Waals surface area contributed by atoms with Crippen molar-refractivity contribution in [3.05, 3.63) is 93.8 Å². The van der Waals surface area contributed by atoms with Crippen LogP contribution in [0.5, 0.6) is 0 Å². The van der Waals surface area contributed by atoms with Gasteiger partial charge in [-0.3, -0.25) is 9.52 Å². The molecule has 9 heteroatoms. The number of anilines is 2. The van der Waals surface area contributed by atoms with E-state index in [2.05, 4.69) is 10.0 Å². The van der Waals surface area contributed by atoms with Crippen LogP contribution in [-0.2, 0) is 22.3 Å². The third kappa shape index (κ3) is 5.61.